The molecule has 1 unspecified atom stereocenters. The van der Waals surface area contributed by atoms with Crippen molar-refractivity contribution in [2.24, 2.45) is 10.7 Å². The third kappa shape index (κ3) is 2.47. The lowest BCUT2D eigenvalue weighted by Crippen LogP contribution is -2.36. The number of aryl methyl sites for hydroxylation is 1. The second kappa shape index (κ2) is 5.37. The number of hydrogen-bond donors (Lipinski definition) is 1. The van der Waals surface area contributed by atoms with E-state index in [4.69, 9.17) is 17.3 Å². The second-order valence-corrected chi connectivity index (χ2v) is 5.47. The van der Waals surface area contributed by atoms with Gasteiger partial charge >= 0.3 is 0 Å². The summed E-state index contributed by atoms with van der Waals surface area (Å²) in [5.41, 5.74) is 8.57. The molecule has 0 fully saturated rings. The SMILES string of the molecule is Cc1ccccc1N1C(N)=NCC1c1ccc(Cl)cc1F. The number of anilines is 1. The maximum atomic E-state index is 14.2. The van der Waals surface area contributed by atoms with Gasteiger partial charge in [0.2, 0.25) is 0 Å². The zero-order valence-corrected chi connectivity index (χ0v) is 12.3. The van der Waals surface area contributed by atoms with Crippen molar-refractivity contribution < 1.29 is 4.39 Å². The standard InChI is InChI=1S/C16H15ClFN3/c1-10-4-2-3-5-14(10)21-15(9-20-16(21)19)12-7-6-11(17)8-13(12)18/h2-8,15H,9H2,1H3,(H2,19,20). The number of halogens is 2. The van der Waals surface area contributed by atoms with Gasteiger partial charge in [-0.25, -0.2) is 4.39 Å². The molecule has 0 saturated heterocycles. The van der Waals surface area contributed by atoms with E-state index in [0.29, 0.717) is 23.1 Å². The van der Waals surface area contributed by atoms with Gasteiger partial charge in [0.1, 0.15) is 5.82 Å². The molecular weight excluding hydrogens is 289 g/mol. The van der Waals surface area contributed by atoms with Crippen LogP contribution >= 0.6 is 11.6 Å². The van der Waals surface area contributed by atoms with Crippen LogP contribution < -0.4 is 10.6 Å². The van der Waals surface area contributed by atoms with E-state index >= 15 is 0 Å². The fourth-order valence-electron chi connectivity index (χ4n) is 2.63. The summed E-state index contributed by atoms with van der Waals surface area (Å²) in [6.45, 7) is 2.43. The van der Waals surface area contributed by atoms with E-state index in [0.717, 1.165) is 11.3 Å². The van der Waals surface area contributed by atoms with Gasteiger partial charge in [-0.2, -0.15) is 0 Å². The number of aliphatic imine (C=N–C) groups is 1. The molecule has 0 aromatic heterocycles. The topological polar surface area (TPSA) is 41.6 Å². The minimum absolute atomic E-state index is 0.247. The largest absolute Gasteiger partial charge is 0.369 e. The fraction of sp³-hybridized carbons (Fsp3) is 0.188. The maximum Gasteiger partial charge on any atom is 0.196 e. The summed E-state index contributed by atoms with van der Waals surface area (Å²) in [6.07, 6.45) is 0. The zero-order valence-electron chi connectivity index (χ0n) is 11.6. The Morgan fingerprint density at radius 1 is 1.29 bits per heavy atom. The zero-order chi connectivity index (χ0) is 15.0. The van der Waals surface area contributed by atoms with E-state index in [1.54, 1.807) is 12.1 Å². The summed E-state index contributed by atoms with van der Waals surface area (Å²) in [7, 11) is 0. The van der Waals surface area contributed by atoms with Crippen molar-refractivity contribution in [2.45, 2.75) is 13.0 Å². The van der Waals surface area contributed by atoms with Gasteiger partial charge in [0.05, 0.1) is 12.6 Å². The molecule has 2 aromatic rings. The van der Waals surface area contributed by atoms with Gasteiger partial charge in [-0.3, -0.25) is 4.99 Å². The van der Waals surface area contributed by atoms with E-state index in [-0.39, 0.29) is 11.9 Å². The molecule has 5 heteroatoms. The summed E-state index contributed by atoms with van der Waals surface area (Å²) in [5.74, 6) is 0.0691. The quantitative estimate of drug-likeness (QED) is 0.920. The summed E-state index contributed by atoms with van der Waals surface area (Å²) < 4.78 is 14.2. The van der Waals surface area contributed by atoms with Crippen molar-refractivity contribution in [2.75, 3.05) is 11.4 Å². The molecule has 3 rings (SSSR count). The lowest BCUT2D eigenvalue weighted by molar-refractivity contribution is 0.589. The van der Waals surface area contributed by atoms with Crippen molar-refractivity contribution in [3.8, 4) is 0 Å². The summed E-state index contributed by atoms with van der Waals surface area (Å²) in [4.78, 5) is 6.15. The average molecular weight is 304 g/mol. The van der Waals surface area contributed by atoms with Gasteiger partial charge in [-0.05, 0) is 30.7 Å². The third-order valence-electron chi connectivity index (χ3n) is 3.68. The van der Waals surface area contributed by atoms with Crippen LogP contribution in [-0.4, -0.2) is 12.5 Å². The van der Waals surface area contributed by atoms with Crippen LogP contribution in [0.5, 0.6) is 0 Å². The Labute approximate surface area is 127 Å². The predicted molar refractivity (Wildman–Crippen MR) is 84.3 cm³/mol. The second-order valence-electron chi connectivity index (χ2n) is 5.04. The van der Waals surface area contributed by atoms with E-state index < -0.39 is 0 Å². The Morgan fingerprint density at radius 2 is 2.05 bits per heavy atom. The molecule has 108 valence electrons. The number of guanidine groups is 1. The van der Waals surface area contributed by atoms with E-state index in [9.17, 15) is 4.39 Å². The molecule has 1 atom stereocenters. The molecule has 1 heterocycles. The molecule has 1 aliphatic rings. The maximum absolute atomic E-state index is 14.2. The summed E-state index contributed by atoms with van der Waals surface area (Å²) >= 11 is 5.82. The lowest BCUT2D eigenvalue weighted by atomic mass is 10.0. The molecule has 1 aliphatic heterocycles. The van der Waals surface area contributed by atoms with Crippen LogP contribution in [-0.2, 0) is 0 Å². The number of para-hydroxylation sites is 1. The van der Waals surface area contributed by atoms with Gasteiger partial charge in [-0.15, -0.1) is 0 Å². The highest BCUT2D eigenvalue weighted by molar-refractivity contribution is 6.30. The van der Waals surface area contributed by atoms with E-state index in [1.165, 1.54) is 6.07 Å². The van der Waals surface area contributed by atoms with Crippen LogP contribution in [0.4, 0.5) is 10.1 Å². The Morgan fingerprint density at radius 3 is 2.76 bits per heavy atom. The van der Waals surface area contributed by atoms with Crippen molar-refractivity contribution in [1.82, 2.24) is 0 Å². The van der Waals surface area contributed by atoms with E-state index in [1.807, 2.05) is 36.1 Å². The molecule has 0 radical (unpaired) electrons. The number of nitrogens with two attached hydrogens (primary N) is 1. The van der Waals surface area contributed by atoms with Crippen LogP contribution in [0.3, 0.4) is 0 Å². The monoisotopic (exact) mass is 303 g/mol. The lowest BCUT2D eigenvalue weighted by Gasteiger charge is -2.28. The van der Waals surface area contributed by atoms with Crippen LogP contribution in [0.15, 0.2) is 47.5 Å². The minimum atomic E-state index is -0.337. The molecule has 0 bridgehead atoms. The highest BCUT2D eigenvalue weighted by atomic mass is 35.5. The molecular formula is C16H15ClFN3. The van der Waals surface area contributed by atoms with Gasteiger partial charge in [0.15, 0.2) is 5.96 Å². The molecule has 0 amide bonds. The van der Waals surface area contributed by atoms with Gasteiger partial charge in [0, 0.05) is 16.3 Å². The first-order valence-corrected chi connectivity index (χ1v) is 7.05. The summed E-state index contributed by atoms with van der Waals surface area (Å²) in [6, 6.07) is 12.3. The Hall–Kier alpha value is -2.07. The predicted octanol–water partition coefficient (Wildman–Crippen LogP) is 3.66. The van der Waals surface area contributed by atoms with Crippen LogP contribution in [0.2, 0.25) is 5.02 Å². The first-order valence-electron chi connectivity index (χ1n) is 6.67. The minimum Gasteiger partial charge on any atom is -0.369 e. The Kier molecular flexibility index (Phi) is 3.55. The van der Waals surface area contributed by atoms with Gasteiger partial charge in [0.25, 0.3) is 0 Å². The van der Waals surface area contributed by atoms with Gasteiger partial charge in [-0.1, -0.05) is 35.9 Å². The fourth-order valence-corrected chi connectivity index (χ4v) is 2.79. The Bertz CT molecular complexity index is 714. The van der Waals surface area contributed by atoms with Crippen molar-refractivity contribution in [3.63, 3.8) is 0 Å². The van der Waals surface area contributed by atoms with Crippen LogP contribution in [0.25, 0.3) is 0 Å². The molecule has 0 saturated carbocycles. The summed E-state index contributed by atoms with van der Waals surface area (Å²) in [5, 5.41) is 0.380. The number of rotatable bonds is 2. The van der Waals surface area contributed by atoms with Gasteiger partial charge < -0.3 is 10.6 Å². The van der Waals surface area contributed by atoms with Crippen molar-refractivity contribution in [3.05, 3.63) is 64.4 Å². The van der Waals surface area contributed by atoms with Crippen molar-refractivity contribution >= 4 is 23.2 Å². The number of nitrogens with zero attached hydrogens (tertiary/aromatic N) is 2. The molecule has 2 aromatic carbocycles. The highest BCUT2D eigenvalue weighted by Crippen LogP contribution is 2.34. The first kappa shape index (κ1) is 13.9. The van der Waals surface area contributed by atoms with Crippen molar-refractivity contribution in [1.29, 1.82) is 0 Å². The highest BCUT2D eigenvalue weighted by Gasteiger charge is 2.31. The first-order chi connectivity index (χ1) is 10.1. The van der Waals surface area contributed by atoms with E-state index in [2.05, 4.69) is 4.99 Å². The van der Waals surface area contributed by atoms with Crippen LogP contribution in [0.1, 0.15) is 17.2 Å². The van der Waals surface area contributed by atoms with Crippen LogP contribution in [0, 0.1) is 12.7 Å². The number of benzene rings is 2. The average Bonchev–Trinajstić information content (AvgIpc) is 2.81. The molecule has 21 heavy (non-hydrogen) atoms. The smallest absolute Gasteiger partial charge is 0.196 e. The molecule has 2 N–H and O–H groups in total. The molecule has 0 spiro atoms. The molecule has 3 nitrogen and oxygen atoms in total. The normalized spacial score (nSPS) is 18.0. The molecule has 0 aliphatic carbocycles. The number of hydrogen-bond acceptors (Lipinski definition) is 3. The third-order valence-corrected chi connectivity index (χ3v) is 3.92. The Balaban J connectivity index is 2.05.